The SMILES string of the molecule is CC(=O)CN1CC=CN(C)C1C. The molecule has 12 heavy (non-hydrogen) atoms. The van der Waals surface area contributed by atoms with Gasteiger partial charge in [0.05, 0.1) is 12.7 Å². The normalized spacial score (nSPS) is 24.6. The van der Waals surface area contributed by atoms with Crippen molar-refractivity contribution < 1.29 is 4.79 Å². The van der Waals surface area contributed by atoms with E-state index in [0.717, 1.165) is 6.54 Å². The van der Waals surface area contributed by atoms with Crippen LogP contribution >= 0.6 is 0 Å². The van der Waals surface area contributed by atoms with Gasteiger partial charge in [-0.25, -0.2) is 0 Å². The summed E-state index contributed by atoms with van der Waals surface area (Å²) in [6.45, 7) is 5.17. The highest BCUT2D eigenvalue weighted by atomic mass is 16.1. The van der Waals surface area contributed by atoms with Gasteiger partial charge in [0.1, 0.15) is 5.78 Å². The highest BCUT2D eigenvalue weighted by Gasteiger charge is 2.19. The summed E-state index contributed by atoms with van der Waals surface area (Å²) in [6.07, 6.45) is 4.46. The van der Waals surface area contributed by atoms with Gasteiger partial charge in [0.2, 0.25) is 0 Å². The second-order valence-electron chi connectivity index (χ2n) is 3.31. The molecule has 0 aromatic rings. The lowest BCUT2D eigenvalue weighted by atomic mass is 10.3. The molecule has 0 radical (unpaired) electrons. The van der Waals surface area contributed by atoms with Gasteiger partial charge in [-0.1, -0.05) is 6.08 Å². The van der Waals surface area contributed by atoms with Gasteiger partial charge in [0.25, 0.3) is 0 Å². The first kappa shape index (κ1) is 9.26. The maximum atomic E-state index is 10.9. The van der Waals surface area contributed by atoms with E-state index in [1.807, 2.05) is 7.05 Å². The first-order valence-electron chi connectivity index (χ1n) is 4.23. The summed E-state index contributed by atoms with van der Waals surface area (Å²) in [5.74, 6) is 0.227. The number of hydrogen-bond acceptors (Lipinski definition) is 3. The average Bonchev–Trinajstić information content (AvgIpc) is 1.98. The second kappa shape index (κ2) is 3.72. The van der Waals surface area contributed by atoms with Crippen LogP contribution in [-0.4, -0.2) is 41.9 Å². The molecule has 0 amide bonds. The minimum Gasteiger partial charge on any atom is -0.365 e. The molecule has 0 aliphatic carbocycles. The van der Waals surface area contributed by atoms with Crippen molar-refractivity contribution in [1.29, 1.82) is 0 Å². The van der Waals surface area contributed by atoms with E-state index in [-0.39, 0.29) is 5.78 Å². The number of carbonyl (C=O) groups excluding carboxylic acids is 1. The van der Waals surface area contributed by atoms with Crippen LogP contribution in [0.2, 0.25) is 0 Å². The van der Waals surface area contributed by atoms with E-state index in [1.54, 1.807) is 6.92 Å². The lowest BCUT2D eigenvalue weighted by Gasteiger charge is -2.36. The van der Waals surface area contributed by atoms with Gasteiger partial charge in [0.15, 0.2) is 0 Å². The molecule has 0 saturated carbocycles. The van der Waals surface area contributed by atoms with Crippen LogP contribution in [-0.2, 0) is 4.79 Å². The molecule has 0 N–H and O–H groups in total. The Hall–Kier alpha value is -0.830. The van der Waals surface area contributed by atoms with E-state index in [0.29, 0.717) is 12.7 Å². The Labute approximate surface area is 73.6 Å². The molecule has 1 unspecified atom stereocenters. The zero-order valence-electron chi connectivity index (χ0n) is 7.95. The number of nitrogens with zero attached hydrogens (tertiary/aromatic N) is 2. The van der Waals surface area contributed by atoms with Crippen molar-refractivity contribution >= 4 is 5.78 Å². The summed E-state index contributed by atoms with van der Waals surface area (Å²) in [4.78, 5) is 15.1. The second-order valence-corrected chi connectivity index (χ2v) is 3.31. The number of carbonyl (C=O) groups is 1. The predicted octanol–water partition coefficient (Wildman–Crippen LogP) is 0.683. The van der Waals surface area contributed by atoms with E-state index in [9.17, 15) is 4.79 Å². The van der Waals surface area contributed by atoms with Gasteiger partial charge in [-0.05, 0) is 20.0 Å². The Kier molecular flexibility index (Phi) is 2.87. The standard InChI is InChI=1S/C9H16N2O/c1-8(12)7-11-6-4-5-10(3)9(11)2/h4-5,9H,6-7H2,1-3H3. The summed E-state index contributed by atoms with van der Waals surface area (Å²) in [5, 5.41) is 0. The molecule has 3 nitrogen and oxygen atoms in total. The molecule has 1 aliphatic rings. The zero-order valence-corrected chi connectivity index (χ0v) is 7.95. The number of ketones is 1. The van der Waals surface area contributed by atoms with Crippen molar-refractivity contribution in [2.75, 3.05) is 20.1 Å². The van der Waals surface area contributed by atoms with Crippen molar-refractivity contribution in [2.24, 2.45) is 0 Å². The third kappa shape index (κ3) is 2.08. The Bertz CT molecular complexity index is 201. The third-order valence-electron chi connectivity index (χ3n) is 2.22. The van der Waals surface area contributed by atoms with Crippen LogP contribution in [0.4, 0.5) is 0 Å². The maximum Gasteiger partial charge on any atom is 0.143 e. The minimum absolute atomic E-state index is 0.227. The van der Waals surface area contributed by atoms with Crippen LogP contribution in [0.1, 0.15) is 13.8 Å². The van der Waals surface area contributed by atoms with E-state index in [2.05, 4.69) is 29.0 Å². The van der Waals surface area contributed by atoms with Crippen molar-refractivity contribution in [1.82, 2.24) is 9.80 Å². The van der Waals surface area contributed by atoms with Gasteiger partial charge in [0, 0.05) is 13.6 Å². The van der Waals surface area contributed by atoms with Crippen molar-refractivity contribution in [3.63, 3.8) is 0 Å². The van der Waals surface area contributed by atoms with Crippen LogP contribution in [0.15, 0.2) is 12.3 Å². The molecule has 0 fully saturated rings. The molecule has 68 valence electrons. The molecule has 1 atom stereocenters. The first-order chi connectivity index (χ1) is 5.61. The largest absolute Gasteiger partial charge is 0.365 e. The summed E-state index contributed by atoms with van der Waals surface area (Å²) in [7, 11) is 2.02. The fourth-order valence-electron chi connectivity index (χ4n) is 1.37. The Morgan fingerprint density at radius 3 is 2.92 bits per heavy atom. The van der Waals surface area contributed by atoms with E-state index >= 15 is 0 Å². The Morgan fingerprint density at radius 1 is 1.67 bits per heavy atom. The van der Waals surface area contributed by atoms with E-state index in [1.165, 1.54) is 0 Å². The fraction of sp³-hybridized carbons (Fsp3) is 0.667. The molecule has 0 aromatic carbocycles. The molecule has 1 heterocycles. The van der Waals surface area contributed by atoms with Crippen molar-refractivity contribution in [3.8, 4) is 0 Å². The molecule has 0 bridgehead atoms. The van der Waals surface area contributed by atoms with Gasteiger partial charge in [-0.3, -0.25) is 9.69 Å². The van der Waals surface area contributed by atoms with Crippen LogP contribution in [0.3, 0.4) is 0 Å². The monoisotopic (exact) mass is 168 g/mol. The van der Waals surface area contributed by atoms with Gasteiger partial charge in [-0.2, -0.15) is 0 Å². The van der Waals surface area contributed by atoms with Gasteiger partial charge < -0.3 is 4.90 Å². The lowest BCUT2D eigenvalue weighted by Crippen LogP contribution is -2.47. The van der Waals surface area contributed by atoms with Gasteiger partial charge in [-0.15, -0.1) is 0 Å². The number of rotatable bonds is 2. The van der Waals surface area contributed by atoms with Crippen molar-refractivity contribution in [2.45, 2.75) is 20.0 Å². The number of Topliss-reactive ketones (excluding diaryl/α,β-unsaturated/α-hetero) is 1. The van der Waals surface area contributed by atoms with Crippen LogP contribution in [0.5, 0.6) is 0 Å². The van der Waals surface area contributed by atoms with E-state index < -0.39 is 0 Å². The molecule has 0 aromatic heterocycles. The number of hydrogen-bond donors (Lipinski definition) is 0. The molecular weight excluding hydrogens is 152 g/mol. The van der Waals surface area contributed by atoms with Crippen LogP contribution in [0.25, 0.3) is 0 Å². The molecular formula is C9H16N2O. The maximum absolute atomic E-state index is 10.9. The average molecular weight is 168 g/mol. The molecule has 0 saturated heterocycles. The van der Waals surface area contributed by atoms with Crippen molar-refractivity contribution in [3.05, 3.63) is 12.3 Å². The highest BCUT2D eigenvalue weighted by Crippen LogP contribution is 2.09. The highest BCUT2D eigenvalue weighted by molar-refractivity contribution is 5.77. The topological polar surface area (TPSA) is 23.6 Å². The van der Waals surface area contributed by atoms with Gasteiger partial charge >= 0.3 is 0 Å². The minimum atomic E-state index is 0.227. The Balaban J connectivity index is 2.55. The molecule has 1 rings (SSSR count). The van der Waals surface area contributed by atoms with Crippen LogP contribution < -0.4 is 0 Å². The van der Waals surface area contributed by atoms with Crippen LogP contribution in [0, 0.1) is 0 Å². The fourth-order valence-corrected chi connectivity index (χ4v) is 1.37. The van der Waals surface area contributed by atoms with E-state index in [4.69, 9.17) is 0 Å². The predicted molar refractivity (Wildman–Crippen MR) is 48.6 cm³/mol. The molecule has 3 heteroatoms. The molecule has 1 aliphatic heterocycles. The third-order valence-corrected chi connectivity index (χ3v) is 2.22. The lowest BCUT2D eigenvalue weighted by molar-refractivity contribution is -0.119. The molecule has 0 spiro atoms. The first-order valence-corrected chi connectivity index (χ1v) is 4.23. The smallest absolute Gasteiger partial charge is 0.143 e. The summed E-state index contributed by atoms with van der Waals surface area (Å²) in [6, 6.07) is 0. The summed E-state index contributed by atoms with van der Waals surface area (Å²) in [5.41, 5.74) is 0. The zero-order chi connectivity index (χ0) is 9.14. The Morgan fingerprint density at radius 2 is 2.33 bits per heavy atom. The summed E-state index contributed by atoms with van der Waals surface area (Å²) >= 11 is 0. The quantitative estimate of drug-likeness (QED) is 0.606. The summed E-state index contributed by atoms with van der Waals surface area (Å²) < 4.78 is 0.